The predicted octanol–water partition coefficient (Wildman–Crippen LogP) is 3.64. The molecule has 0 aliphatic heterocycles. The smallest absolute Gasteiger partial charge is 0.243 e. The molecule has 2 aromatic carbocycles. The van der Waals surface area contributed by atoms with Crippen molar-refractivity contribution in [3.8, 4) is 0 Å². The normalized spacial score (nSPS) is 10.0. The Hall–Kier alpha value is -1.88. The summed E-state index contributed by atoms with van der Waals surface area (Å²) < 4.78 is 13.5. The van der Waals surface area contributed by atoms with Crippen molar-refractivity contribution >= 4 is 33.2 Å². The second kappa shape index (κ2) is 6.33. The molecule has 19 heavy (non-hydrogen) atoms. The average molecular weight is 323 g/mol. The quantitative estimate of drug-likeness (QED) is 0.902. The molecule has 0 fully saturated rings. The van der Waals surface area contributed by atoms with Crippen molar-refractivity contribution in [3.63, 3.8) is 0 Å². The molecule has 0 heterocycles. The van der Waals surface area contributed by atoms with Crippen molar-refractivity contribution in [3.05, 3.63) is 58.8 Å². The van der Waals surface area contributed by atoms with Crippen LogP contribution in [0.15, 0.2) is 53.0 Å². The van der Waals surface area contributed by atoms with E-state index in [1.165, 1.54) is 12.1 Å². The molecule has 3 nitrogen and oxygen atoms in total. The molecule has 0 unspecified atom stereocenters. The number of hydrogen-bond donors (Lipinski definition) is 2. The Bertz CT molecular complexity index is 575. The van der Waals surface area contributed by atoms with Crippen molar-refractivity contribution in [1.82, 2.24) is 0 Å². The van der Waals surface area contributed by atoms with Crippen LogP contribution < -0.4 is 10.6 Å². The van der Waals surface area contributed by atoms with E-state index in [4.69, 9.17) is 0 Å². The summed E-state index contributed by atoms with van der Waals surface area (Å²) >= 11 is 3.23. The van der Waals surface area contributed by atoms with Gasteiger partial charge >= 0.3 is 0 Å². The second-order valence-electron chi connectivity index (χ2n) is 3.89. The first kappa shape index (κ1) is 13.5. The first-order valence-electron chi connectivity index (χ1n) is 5.69. The average Bonchev–Trinajstić information content (AvgIpc) is 2.39. The molecule has 1 amide bonds. The Labute approximate surface area is 119 Å². The molecule has 5 heteroatoms. The molecule has 0 spiro atoms. The third-order valence-electron chi connectivity index (χ3n) is 2.43. The fraction of sp³-hybridized carbons (Fsp3) is 0.0714. The van der Waals surface area contributed by atoms with Crippen LogP contribution in [-0.4, -0.2) is 12.5 Å². The molecular weight excluding hydrogens is 311 g/mol. The summed E-state index contributed by atoms with van der Waals surface area (Å²) in [5.41, 5.74) is 1.41. The molecule has 0 saturated carbocycles. The molecule has 0 saturated heterocycles. The summed E-state index contributed by atoms with van der Waals surface area (Å²) in [7, 11) is 0. The SMILES string of the molecule is O=C(CNc1ccc(F)cc1Br)Nc1ccccc1. The van der Waals surface area contributed by atoms with E-state index < -0.39 is 0 Å². The van der Waals surface area contributed by atoms with Crippen molar-refractivity contribution in [2.45, 2.75) is 0 Å². The lowest BCUT2D eigenvalue weighted by molar-refractivity contribution is -0.114. The summed E-state index contributed by atoms with van der Waals surface area (Å²) in [4.78, 5) is 11.7. The minimum atomic E-state index is -0.328. The maximum atomic E-state index is 12.9. The second-order valence-corrected chi connectivity index (χ2v) is 4.75. The molecular formula is C14H12BrFN2O. The van der Waals surface area contributed by atoms with Crippen LogP contribution in [0.1, 0.15) is 0 Å². The molecule has 0 atom stereocenters. The third kappa shape index (κ3) is 4.06. The molecule has 2 N–H and O–H groups in total. The van der Waals surface area contributed by atoms with Crippen molar-refractivity contribution < 1.29 is 9.18 Å². The van der Waals surface area contributed by atoms with Crippen LogP contribution >= 0.6 is 15.9 Å². The molecule has 98 valence electrons. The maximum absolute atomic E-state index is 12.9. The topological polar surface area (TPSA) is 41.1 Å². The Morgan fingerprint density at radius 1 is 1.16 bits per heavy atom. The zero-order valence-electron chi connectivity index (χ0n) is 9.99. The minimum absolute atomic E-state index is 0.110. The van der Waals surface area contributed by atoms with Gasteiger partial charge in [-0.3, -0.25) is 4.79 Å². The standard InChI is InChI=1S/C14H12BrFN2O/c15-12-8-10(16)6-7-13(12)17-9-14(19)18-11-4-2-1-3-5-11/h1-8,17H,9H2,(H,18,19). The van der Waals surface area contributed by atoms with Crippen LogP contribution in [0.2, 0.25) is 0 Å². The lowest BCUT2D eigenvalue weighted by Gasteiger charge is -2.09. The van der Waals surface area contributed by atoms with E-state index in [9.17, 15) is 9.18 Å². The van der Waals surface area contributed by atoms with Gasteiger partial charge in [-0.05, 0) is 46.3 Å². The van der Waals surface area contributed by atoms with Gasteiger partial charge < -0.3 is 10.6 Å². The number of rotatable bonds is 4. The van der Waals surface area contributed by atoms with Gasteiger partial charge in [0.05, 0.1) is 6.54 Å². The summed E-state index contributed by atoms with van der Waals surface area (Å²) in [6, 6.07) is 13.5. The highest BCUT2D eigenvalue weighted by Gasteiger charge is 2.05. The zero-order valence-corrected chi connectivity index (χ0v) is 11.6. The lowest BCUT2D eigenvalue weighted by Crippen LogP contribution is -2.21. The maximum Gasteiger partial charge on any atom is 0.243 e. The first-order chi connectivity index (χ1) is 9.15. The lowest BCUT2D eigenvalue weighted by atomic mass is 10.3. The van der Waals surface area contributed by atoms with Gasteiger partial charge in [0.1, 0.15) is 5.82 Å². The Morgan fingerprint density at radius 3 is 2.58 bits per heavy atom. The van der Waals surface area contributed by atoms with E-state index >= 15 is 0 Å². The van der Waals surface area contributed by atoms with Gasteiger partial charge in [0.15, 0.2) is 0 Å². The number of carbonyl (C=O) groups excluding carboxylic acids is 1. The third-order valence-corrected chi connectivity index (χ3v) is 3.08. The summed E-state index contributed by atoms with van der Waals surface area (Å²) in [6.07, 6.45) is 0. The molecule has 2 rings (SSSR count). The largest absolute Gasteiger partial charge is 0.375 e. The fourth-order valence-electron chi connectivity index (χ4n) is 1.54. The number of amides is 1. The van der Waals surface area contributed by atoms with Crippen LogP contribution in [0.25, 0.3) is 0 Å². The van der Waals surface area contributed by atoms with Crippen LogP contribution in [0.5, 0.6) is 0 Å². The van der Waals surface area contributed by atoms with Crippen LogP contribution in [0.4, 0.5) is 15.8 Å². The van der Waals surface area contributed by atoms with E-state index in [0.717, 1.165) is 5.69 Å². The molecule has 0 aliphatic rings. The number of hydrogen-bond acceptors (Lipinski definition) is 2. The minimum Gasteiger partial charge on any atom is -0.375 e. The van der Waals surface area contributed by atoms with Gasteiger partial charge in [-0.15, -0.1) is 0 Å². The van der Waals surface area contributed by atoms with Gasteiger partial charge in [-0.25, -0.2) is 4.39 Å². The highest BCUT2D eigenvalue weighted by molar-refractivity contribution is 9.10. The zero-order chi connectivity index (χ0) is 13.7. The van der Waals surface area contributed by atoms with Gasteiger partial charge in [0.2, 0.25) is 5.91 Å². The number of carbonyl (C=O) groups is 1. The van der Waals surface area contributed by atoms with E-state index in [0.29, 0.717) is 10.2 Å². The molecule has 2 aromatic rings. The van der Waals surface area contributed by atoms with Crippen molar-refractivity contribution in [1.29, 1.82) is 0 Å². The highest BCUT2D eigenvalue weighted by atomic mass is 79.9. The van der Waals surface area contributed by atoms with Gasteiger partial charge in [-0.2, -0.15) is 0 Å². The first-order valence-corrected chi connectivity index (χ1v) is 6.48. The number of para-hydroxylation sites is 1. The molecule has 0 aliphatic carbocycles. The monoisotopic (exact) mass is 322 g/mol. The van der Waals surface area contributed by atoms with Crippen molar-refractivity contribution in [2.24, 2.45) is 0 Å². The van der Waals surface area contributed by atoms with Gasteiger partial charge in [-0.1, -0.05) is 18.2 Å². The highest BCUT2D eigenvalue weighted by Crippen LogP contribution is 2.22. The fourth-order valence-corrected chi connectivity index (χ4v) is 2.03. The molecule has 0 bridgehead atoms. The Balaban J connectivity index is 1.90. The van der Waals surface area contributed by atoms with Crippen LogP contribution in [0.3, 0.4) is 0 Å². The van der Waals surface area contributed by atoms with Crippen LogP contribution in [0, 0.1) is 5.82 Å². The Morgan fingerprint density at radius 2 is 1.89 bits per heavy atom. The molecule has 0 radical (unpaired) electrons. The van der Waals surface area contributed by atoms with E-state index in [-0.39, 0.29) is 18.3 Å². The van der Waals surface area contributed by atoms with E-state index in [1.54, 1.807) is 6.07 Å². The molecule has 0 aromatic heterocycles. The summed E-state index contributed by atoms with van der Waals surface area (Å²) in [5, 5.41) is 5.69. The number of halogens is 2. The number of benzene rings is 2. The predicted molar refractivity (Wildman–Crippen MR) is 77.7 cm³/mol. The van der Waals surface area contributed by atoms with E-state index in [1.807, 2.05) is 30.3 Å². The summed E-state index contributed by atoms with van der Waals surface area (Å²) in [6.45, 7) is 0.110. The van der Waals surface area contributed by atoms with Gasteiger partial charge in [0.25, 0.3) is 0 Å². The Kier molecular flexibility index (Phi) is 4.52. The van der Waals surface area contributed by atoms with Gasteiger partial charge in [0, 0.05) is 15.8 Å². The van der Waals surface area contributed by atoms with Crippen molar-refractivity contribution in [2.75, 3.05) is 17.2 Å². The summed E-state index contributed by atoms with van der Waals surface area (Å²) in [5.74, 6) is -0.492. The van der Waals surface area contributed by atoms with E-state index in [2.05, 4.69) is 26.6 Å². The number of nitrogens with one attached hydrogen (secondary N) is 2. The van der Waals surface area contributed by atoms with Crippen LogP contribution in [-0.2, 0) is 4.79 Å². The number of anilines is 2.